The first-order valence-electron chi connectivity index (χ1n) is 11.0. The largest absolute Gasteiger partial charge is 0.378 e. The molecule has 2 aromatic heterocycles. The molecule has 0 bridgehead atoms. The van der Waals surface area contributed by atoms with Gasteiger partial charge >= 0.3 is 0 Å². The molecule has 2 aliphatic rings. The lowest BCUT2D eigenvalue weighted by Crippen LogP contribution is -2.46. The van der Waals surface area contributed by atoms with Crippen LogP contribution in [-0.2, 0) is 4.74 Å². The Morgan fingerprint density at radius 3 is 2.78 bits per heavy atom. The van der Waals surface area contributed by atoms with E-state index >= 15 is 4.39 Å². The Labute approximate surface area is 185 Å². The second-order valence-corrected chi connectivity index (χ2v) is 8.33. The maximum absolute atomic E-state index is 15.1. The highest BCUT2D eigenvalue weighted by Crippen LogP contribution is 2.30. The van der Waals surface area contributed by atoms with Crippen LogP contribution in [0.2, 0.25) is 0 Å². The van der Waals surface area contributed by atoms with E-state index in [0.717, 1.165) is 13.0 Å². The second-order valence-electron chi connectivity index (χ2n) is 8.33. The number of halogens is 2. The number of nitrogens with zero attached hydrogens (tertiary/aromatic N) is 4. The minimum atomic E-state index is -1.35. The molecule has 1 atom stereocenters. The number of piperidine rings is 1. The van der Waals surface area contributed by atoms with E-state index in [4.69, 9.17) is 4.74 Å². The fourth-order valence-corrected chi connectivity index (χ4v) is 4.29. The summed E-state index contributed by atoms with van der Waals surface area (Å²) in [4.78, 5) is 15.4. The Hall–Kier alpha value is -2.91. The quantitative estimate of drug-likeness (QED) is 0.631. The molecule has 2 fully saturated rings. The zero-order valence-corrected chi connectivity index (χ0v) is 17.8. The third-order valence-corrected chi connectivity index (χ3v) is 6.04. The minimum Gasteiger partial charge on any atom is -0.378 e. The number of benzene rings is 1. The zero-order valence-electron chi connectivity index (χ0n) is 17.8. The SMILES string of the molecule is Fc1cc(-c2cc3nccnc3c(NCC3(F)CCCNC3)n2)ccc1N1CCOCC1. The predicted molar refractivity (Wildman–Crippen MR) is 120 cm³/mol. The molecule has 9 heteroatoms. The van der Waals surface area contributed by atoms with Crippen LogP contribution in [0.15, 0.2) is 36.7 Å². The molecule has 32 heavy (non-hydrogen) atoms. The summed E-state index contributed by atoms with van der Waals surface area (Å²) < 4.78 is 35.4. The van der Waals surface area contributed by atoms with Crippen LogP contribution >= 0.6 is 0 Å². The Kier molecular flexibility index (Phi) is 5.84. The highest BCUT2D eigenvalue weighted by Gasteiger charge is 2.31. The molecule has 1 unspecified atom stereocenters. The predicted octanol–water partition coefficient (Wildman–Crippen LogP) is 3.17. The molecule has 7 nitrogen and oxygen atoms in total. The lowest BCUT2D eigenvalue weighted by molar-refractivity contribution is 0.122. The molecule has 1 aromatic carbocycles. The van der Waals surface area contributed by atoms with Gasteiger partial charge in [0.25, 0.3) is 0 Å². The average Bonchev–Trinajstić information content (AvgIpc) is 2.83. The molecule has 3 aromatic rings. The number of aromatic nitrogens is 3. The maximum Gasteiger partial charge on any atom is 0.155 e. The topological polar surface area (TPSA) is 75.2 Å². The third-order valence-electron chi connectivity index (χ3n) is 6.04. The van der Waals surface area contributed by atoms with E-state index in [-0.39, 0.29) is 12.4 Å². The van der Waals surface area contributed by atoms with Crippen molar-refractivity contribution in [2.24, 2.45) is 0 Å². The molecule has 0 radical (unpaired) electrons. The lowest BCUT2D eigenvalue weighted by atomic mass is 9.96. The number of ether oxygens (including phenoxy) is 1. The number of hydrogen-bond donors (Lipinski definition) is 2. The Balaban J connectivity index is 1.45. The molecule has 2 N–H and O–H groups in total. The van der Waals surface area contributed by atoms with E-state index in [1.165, 1.54) is 6.07 Å². The number of morpholine rings is 1. The van der Waals surface area contributed by atoms with E-state index in [1.54, 1.807) is 24.5 Å². The summed E-state index contributed by atoms with van der Waals surface area (Å²) in [7, 11) is 0. The molecule has 2 saturated heterocycles. The standard InChI is InChI=1S/C23H26F2N6O/c24-17-12-16(2-3-20(17)31-8-10-32-11-9-31)18-13-19-21(28-7-6-27-19)22(30-18)29-15-23(25)4-1-5-26-14-23/h2-3,6-7,12-13,26H,1,4-5,8-11,14-15H2,(H,29,30). The van der Waals surface area contributed by atoms with Gasteiger partial charge in [-0.05, 0) is 37.6 Å². The van der Waals surface area contributed by atoms with Crippen LogP contribution in [0.3, 0.4) is 0 Å². The molecular formula is C23H26F2N6O. The van der Waals surface area contributed by atoms with Crippen molar-refractivity contribution in [2.75, 3.05) is 56.2 Å². The fourth-order valence-electron chi connectivity index (χ4n) is 4.29. The zero-order chi connectivity index (χ0) is 22.0. The van der Waals surface area contributed by atoms with Gasteiger partial charge in [0.1, 0.15) is 17.0 Å². The summed E-state index contributed by atoms with van der Waals surface area (Å²) in [5.74, 6) is 0.141. The van der Waals surface area contributed by atoms with Crippen LogP contribution in [0.5, 0.6) is 0 Å². The average molecular weight is 440 g/mol. The number of anilines is 2. The van der Waals surface area contributed by atoms with Gasteiger partial charge in [-0.1, -0.05) is 6.07 Å². The van der Waals surface area contributed by atoms with Gasteiger partial charge in [0.2, 0.25) is 0 Å². The van der Waals surface area contributed by atoms with Crippen molar-refractivity contribution in [2.45, 2.75) is 18.5 Å². The van der Waals surface area contributed by atoms with Crippen LogP contribution in [0.1, 0.15) is 12.8 Å². The summed E-state index contributed by atoms with van der Waals surface area (Å²) in [6, 6.07) is 6.89. The van der Waals surface area contributed by atoms with Gasteiger partial charge in [-0.15, -0.1) is 0 Å². The van der Waals surface area contributed by atoms with Crippen LogP contribution in [0.4, 0.5) is 20.3 Å². The number of hydrogen-bond acceptors (Lipinski definition) is 7. The number of nitrogens with one attached hydrogen (secondary N) is 2. The van der Waals surface area contributed by atoms with E-state index in [9.17, 15) is 4.39 Å². The first-order chi connectivity index (χ1) is 15.6. The Bertz CT molecular complexity index is 1100. The number of rotatable bonds is 5. The highest BCUT2D eigenvalue weighted by molar-refractivity contribution is 5.88. The van der Waals surface area contributed by atoms with E-state index in [2.05, 4.69) is 25.6 Å². The summed E-state index contributed by atoms with van der Waals surface area (Å²) in [5.41, 5.74) is 1.57. The number of pyridine rings is 1. The number of alkyl halides is 1. The van der Waals surface area contributed by atoms with Crippen LogP contribution < -0.4 is 15.5 Å². The van der Waals surface area contributed by atoms with Crippen molar-refractivity contribution in [1.82, 2.24) is 20.3 Å². The van der Waals surface area contributed by atoms with Crippen molar-refractivity contribution in [3.8, 4) is 11.3 Å². The highest BCUT2D eigenvalue weighted by atomic mass is 19.1. The fraction of sp³-hybridized carbons (Fsp3) is 0.435. The van der Waals surface area contributed by atoms with Gasteiger partial charge in [-0.2, -0.15) is 0 Å². The second kappa shape index (κ2) is 8.91. The van der Waals surface area contributed by atoms with Gasteiger partial charge in [0, 0.05) is 37.6 Å². The Morgan fingerprint density at radius 2 is 2.00 bits per heavy atom. The minimum absolute atomic E-state index is 0.118. The van der Waals surface area contributed by atoms with Gasteiger partial charge < -0.3 is 20.3 Å². The first-order valence-corrected chi connectivity index (χ1v) is 11.0. The molecule has 2 aliphatic heterocycles. The molecule has 0 saturated carbocycles. The van der Waals surface area contributed by atoms with Crippen LogP contribution in [-0.4, -0.2) is 66.6 Å². The van der Waals surface area contributed by atoms with Crippen molar-refractivity contribution < 1.29 is 13.5 Å². The number of fused-ring (bicyclic) bond motifs is 1. The third kappa shape index (κ3) is 4.35. The van der Waals surface area contributed by atoms with Crippen molar-refractivity contribution in [3.05, 3.63) is 42.5 Å². The summed E-state index contributed by atoms with van der Waals surface area (Å²) in [6.07, 6.45) is 4.46. The van der Waals surface area contributed by atoms with Gasteiger partial charge in [-0.25, -0.2) is 18.7 Å². The van der Waals surface area contributed by atoms with Crippen LogP contribution in [0, 0.1) is 5.82 Å². The summed E-state index contributed by atoms with van der Waals surface area (Å²) in [5, 5.41) is 6.25. The first kappa shape index (κ1) is 21.0. The molecule has 168 valence electrons. The van der Waals surface area contributed by atoms with Gasteiger partial charge in [-0.3, -0.25) is 4.98 Å². The molecular weight excluding hydrogens is 414 g/mol. The maximum atomic E-state index is 15.1. The monoisotopic (exact) mass is 440 g/mol. The van der Waals surface area contributed by atoms with Gasteiger partial charge in [0.05, 0.1) is 36.7 Å². The van der Waals surface area contributed by atoms with Crippen molar-refractivity contribution in [3.63, 3.8) is 0 Å². The van der Waals surface area contributed by atoms with E-state index in [1.807, 2.05) is 11.0 Å². The molecule has 0 aliphatic carbocycles. The molecule has 5 rings (SSSR count). The summed E-state index contributed by atoms with van der Waals surface area (Å²) >= 11 is 0. The van der Waals surface area contributed by atoms with Gasteiger partial charge in [0.15, 0.2) is 5.82 Å². The molecule has 0 amide bonds. The van der Waals surface area contributed by atoms with E-state index in [0.29, 0.717) is 73.1 Å². The van der Waals surface area contributed by atoms with Crippen molar-refractivity contribution >= 4 is 22.5 Å². The lowest BCUT2D eigenvalue weighted by Gasteiger charge is -2.30. The normalized spacial score (nSPS) is 21.6. The molecule has 0 spiro atoms. The Morgan fingerprint density at radius 1 is 1.16 bits per heavy atom. The summed E-state index contributed by atoms with van der Waals surface area (Å²) in [6.45, 7) is 3.76. The molecule has 4 heterocycles. The van der Waals surface area contributed by atoms with Crippen molar-refractivity contribution in [1.29, 1.82) is 0 Å². The smallest absolute Gasteiger partial charge is 0.155 e. The van der Waals surface area contributed by atoms with Crippen LogP contribution in [0.25, 0.3) is 22.3 Å². The van der Waals surface area contributed by atoms with E-state index < -0.39 is 5.67 Å².